The first-order valence-electron chi connectivity index (χ1n) is 7.41. The van der Waals surface area contributed by atoms with Crippen molar-refractivity contribution in [3.8, 4) is 6.07 Å². The lowest BCUT2D eigenvalue weighted by atomic mass is 10.1. The zero-order valence-electron chi connectivity index (χ0n) is 13.5. The number of aromatic nitrogens is 2. The zero-order chi connectivity index (χ0) is 17.7. The standard InChI is InChI=1S/C17H18ClN3O3/c1-11-12(2)20-21(17(23)15(11)7-19)8-14(22)10-24-9-13-5-3-4-6-16(13)18/h3-6,14,22H,8-10H2,1-2H3/t14-/m1/s1. The quantitative estimate of drug-likeness (QED) is 0.863. The lowest BCUT2D eigenvalue weighted by molar-refractivity contribution is 0.0179. The summed E-state index contributed by atoms with van der Waals surface area (Å²) in [4.78, 5) is 12.2. The number of aliphatic hydroxyl groups is 1. The number of halogens is 1. The van der Waals surface area contributed by atoms with Crippen molar-refractivity contribution < 1.29 is 9.84 Å². The molecule has 1 aromatic heterocycles. The molecular formula is C17H18ClN3O3. The Morgan fingerprint density at radius 3 is 2.79 bits per heavy atom. The number of nitriles is 1. The third-order valence-electron chi connectivity index (χ3n) is 3.66. The molecule has 0 aliphatic carbocycles. The van der Waals surface area contributed by atoms with Crippen LogP contribution in [0.15, 0.2) is 29.1 Å². The number of benzene rings is 1. The van der Waals surface area contributed by atoms with Gasteiger partial charge >= 0.3 is 0 Å². The van der Waals surface area contributed by atoms with Crippen molar-refractivity contribution in [1.82, 2.24) is 9.78 Å². The van der Waals surface area contributed by atoms with Crippen LogP contribution in [0, 0.1) is 25.2 Å². The second kappa shape index (κ2) is 8.06. The SMILES string of the molecule is Cc1nn(C[C@@H](O)COCc2ccccc2Cl)c(=O)c(C#N)c1C. The predicted octanol–water partition coefficient (Wildman–Crippen LogP) is 1.96. The molecule has 0 saturated heterocycles. The van der Waals surface area contributed by atoms with E-state index in [2.05, 4.69) is 5.10 Å². The van der Waals surface area contributed by atoms with Gasteiger partial charge < -0.3 is 9.84 Å². The first kappa shape index (κ1) is 18.1. The number of ether oxygens (including phenoxy) is 1. The fourth-order valence-electron chi connectivity index (χ4n) is 2.20. The van der Waals surface area contributed by atoms with Gasteiger partial charge in [0, 0.05) is 5.02 Å². The van der Waals surface area contributed by atoms with Crippen LogP contribution in [0.5, 0.6) is 0 Å². The van der Waals surface area contributed by atoms with Gasteiger partial charge in [-0.2, -0.15) is 10.4 Å². The van der Waals surface area contributed by atoms with Gasteiger partial charge in [-0.25, -0.2) is 4.68 Å². The normalized spacial score (nSPS) is 12.0. The molecule has 1 atom stereocenters. The van der Waals surface area contributed by atoms with Gasteiger partial charge in [-0.15, -0.1) is 0 Å². The average Bonchev–Trinajstić information content (AvgIpc) is 2.55. The Morgan fingerprint density at radius 1 is 1.42 bits per heavy atom. The zero-order valence-corrected chi connectivity index (χ0v) is 14.2. The summed E-state index contributed by atoms with van der Waals surface area (Å²) in [5.41, 5.74) is 1.50. The summed E-state index contributed by atoms with van der Waals surface area (Å²) in [6.07, 6.45) is -0.925. The third kappa shape index (κ3) is 4.20. The molecule has 2 rings (SSSR count). The molecule has 0 amide bonds. The minimum absolute atomic E-state index is 0.0220. The van der Waals surface area contributed by atoms with Gasteiger partial charge in [-0.05, 0) is 31.0 Å². The molecule has 6 nitrogen and oxygen atoms in total. The fraction of sp³-hybridized carbons (Fsp3) is 0.353. The Bertz CT molecular complexity index is 827. The molecule has 0 unspecified atom stereocenters. The van der Waals surface area contributed by atoms with E-state index in [4.69, 9.17) is 21.6 Å². The number of aryl methyl sites for hydroxylation is 1. The molecule has 0 fully saturated rings. The molecule has 1 heterocycles. The average molecular weight is 348 g/mol. The highest BCUT2D eigenvalue weighted by Crippen LogP contribution is 2.15. The monoisotopic (exact) mass is 347 g/mol. The lowest BCUT2D eigenvalue weighted by Gasteiger charge is -2.14. The third-order valence-corrected chi connectivity index (χ3v) is 4.03. The molecule has 0 spiro atoms. The number of nitrogens with zero attached hydrogens (tertiary/aromatic N) is 3. The van der Waals surface area contributed by atoms with E-state index in [0.717, 1.165) is 10.2 Å². The maximum absolute atomic E-state index is 12.2. The maximum Gasteiger partial charge on any atom is 0.285 e. The van der Waals surface area contributed by atoms with Crippen molar-refractivity contribution in [1.29, 1.82) is 5.26 Å². The first-order chi connectivity index (χ1) is 11.4. The van der Waals surface area contributed by atoms with Crippen LogP contribution in [-0.2, 0) is 17.9 Å². The van der Waals surface area contributed by atoms with Gasteiger partial charge in [-0.3, -0.25) is 4.79 Å². The van der Waals surface area contributed by atoms with Gasteiger partial charge in [-0.1, -0.05) is 29.8 Å². The van der Waals surface area contributed by atoms with E-state index in [-0.39, 0.29) is 25.3 Å². The highest BCUT2D eigenvalue weighted by Gasteiger charge is 2.14. The number of hydrogen-bond acceptors (Lipinski definition) is 5. The lowest BCUT2D eigenvalue weighted by Crippen LogP contribution is -2.33. The Labute approximate surface area is 144 Å². The molecule has 1 aromatic carbocycles. The van der Waals surface area contributed by atoms with E-state index < -0.39 is 11.7 Å². The predicted molar refractivity (Wildman–Crippen MR) is 89.8 cm³/mol. The van der Waals surface area contributed by atoms with Crippen LogP contribution >= 0.6 is 11.6 Å². The van der Waals surface area contributed by atoms with E-state index in [9.17, 15) is 9.90 Å². The van der Waals surface area contributed by atoms with Crippen LogP contribution in [0.1, 0.15) is 22.4 Å². The Kier molecular flexibility index (Phi) is 6.10. The van der Waals surface area contributed by atoms with Crippen LogP contribution in [-0.4, -0.2) is 27.6 Å². The van der Waals surface area contributed by atoms with Gasteiger partial charge in [0.2, 0.25) is 0 Å². The molecule has 7 heteroatoms. The molecule has 2 aromatic rings. The molecule has 0 aliphatic rings. The van der Waals surface area contributed by atoms with E-state index in [0.29, 0.717) is 16.3 Å². The molecule has 1 N–H and O–H groups in total. The minimum atomic E-state index is -0.925. The van der Waals surface area contributed by atoms with Crippen LogP contribution in [0.2, 0.25) is 5.02 Å². The highest BCUT2D eigenvalue weighted by molar-refractivity contribution is 6.31. The summed E-state index contributed by atoms with van der Waals surface area (Å²) in [5.74, 6) is 0. The summed E-state index contributed by atoms with van der Waals surface area (Å²) >= 11 is 6.03. The number of rotatable bonds is 6. The second-order valence-electron chi connectivity index (χ2n) is 5.44. The highest BCUT2D eigenvalue weighted by atomic mass is 35.5. The summed E-state index contributed by atoms with van der Waals surface area (Å²) in [7, 11) is 0. The van der Waals surface area contributed by atoms with Crippen LogP contribution in [0.4, 0.5) is 0 Å². The summed E-state index contributed by atoms with van der Waals surface area (Å²) < 4.78 is 6.54. The van der Waals surface area contributed by atoms with E-state index >= 15 is 0 Å². The molecule has 0 aliphatic heterocycles. The van der Waals surface area contributed by atoms with Crippen molar-refractivity contribution >= 4 is 11.6 Å². The summed E-state index contributed by atoms with van der Waals surface area (Å²) in [6.45, 7) is 3.63. The second-order valence-corrected chi connectivity index (χ2v) is 5.85. The topological polar surface area (TPSA) is 88.1 Å². The maximum atomic E-state index is 12.2. The van der Waals surface area contributed by atoms with Crippen molar-refractivity contribution in [3.63, 3.8) is 0 Å². The number of hydrogen-bond donors (Lipinski definition) is 1. The van der Waals surface area contributed by atoms with Crippen LogP contribution in [0.3, 0.4) is 0 Å². The molecule has 24 heavy (non-hydrogen) atoms. The van der Waals surface area contributed by atoms with Gasteiger partial charge in [0.1, 0.15) is 11.6 Å². The van der Waals surface area contributed by atoms with E-state index in [1.54, 1.807) is 19.9 Å². The minimum Gasteiger partial charge on any atom is -0.389 e. The van der Waals surface area contributed by atoms with Crippen LogP contribution < -0.4 is 5.56 Å². The number of aliphatic hydroxyl groups excluding tert-OH is 1. The van der Waals surface area contributed by atoms with Crippen LogP contribution in [0.25, 0.3) is 0 Å². The molecule has 0 radical (unpaired) electrons. The van der Waals surface area contributed by atoms with Crippen molar-refractivity contribution in [2.24, 2.45) is 0 Å². The van der Waals surface area contributed by atoms with Gasteiger partial charge in [0.15, 0.2) is 0 Å². The van der Waals surface area contributed by atoms with E-state index in [1.807, 2.05) is 24.3 Å². The molecule has 126 valence electrons. The summed E-state index contributed by atoms with van der Waals surface area (Å²) in [5, 5.41) is 23.9. The van der Waals surface area contributed by atoms with Crippen molar-refractivity contribution in [2.45, 2.75) is 33.1 Å². The van der Waals surface area contributed by atoms with Crippen molar-refractivity contribution in [2.75, 3.05) is 6.61 Å². The molecule has 0 bridgehead atoms. The Morgan fingerprint density at radius 2 is 2.12 bits per heavy atom. The molecular weight excluding hydrogens is 330 g/mol. The van der Waals surface area contributed by atoms with Gasteiger partial charge in [0.25, 0.3) is 5.56 Å². The Hall–Kier alpha value is -2.20. The van der Waals surface area contributed by atoms with Crippen molar-refractivity contribution in [3.05, 3.63) is 62.0 Å². The Balaban J connectivity index is 1.99. The smallest absolute Gasteiger partial charge is 0.285 e. The molecule has 0 saturated carbocycles. The largest absolute Gasteiger partial charge is 0.389 e. The fourth-order valence-corrected chi connectivity index (χ4v) is 2.39. The van der Waals surface area contributed by atoms with Gasteiger partial charge in [0.05, 0.1) is 31.6 Å². The summed E-state index contributed by atoms with van der Waals surface area (Å²) in [6, 6.07) is 9.16. The first-order valence-corrected chi connectivity index (χ1v) is 7.79. The van der Waals surface area contributed by atoms with E-state index in [1.165, 1.54) is 0 Å².